The average Bonchev–Trinajstić information content (AvgIpc) is 3.58. The third-order valence-electron chi connectivity index (χ3n) is 7.03. The molecule has 0 saturated carbocycles. The van der Waals surface area contributed by atoms with E-state index >= 15 is 0 Å². The predicted octanol–water partition coefficient (Wildman–Crippen LogP) is 4.56. The fourth-order valence-corrected chi connectivity index (χ4v) is 5.69. The Morgan fingerprint density at radius 2 is 2.11 bits per heavy atom. The van der Waals surface area contributed by atoms with E-state index in [0.29, 0.717) is 23.1 Å². The zero-order valence-electron chi connectivity index (χ0n) is 20.5. The number of hydrogen-bond donors (Lipinski definition) is 1. The summed E-state index contributed by atoms with van der Waals surface area (Å²) in [5, 5.41) is 15.7. The van der Waals surface area contributed by atoms with Crippen LogP contribution < -0.4 is 10.1 Å². The Morgan fingerprint density at radius 1 is 1.28 bits per heavy atom. The predicted molar refractivity (Wildman–Crippen MR) is 140 cm³/mol. The molecule has 0 bridgehead atoms. The molecule has 2 fully saturated rings. The van der Waals surface area contributed by atoms with Gasteiger partial charge in [-0.05, 0) is 68.7 Å². The molecule has 36 heavy (non-hydrogen) atoms. The minimum absolute atomic E-state index is 0.00920. The molecule has 3 aromatic rings. The third kappa shape index (κ3) is 4.31. The third-order valence-corrected chi connectivity index (χ3v) is 7.38. The van der Waals surface area contributed by atoms with Crippen LogP contribution in [0.3, 0.4) is 0 Å². The lowest BCUT2D eigenvalue weighted by atomic mass is 9.96. The molecule has 2 aromatic heterocycles. The van der Waals surface area contributed by atoms with Gasteiger partial charge in [0, 0.05) is 42.9 Å². The summed E-state index contributed by atoms with van der Waals surface area (Å²) in [5.41, 5.74) is 4.51. The van der Waals surface area contributed by atoms with Crippen LogP contribution in [0, 0.1) is 24.0 Å². The standard InChI is InChI=1S/C26H29N5O4S/c1-16-13-20(17(2)30(16)22-14-18(31(32)33)9-10-23(22)34-3)25-24(21-8-4-5-11-27-21)28-26(36)29(25)15-19-7-6-12-35-19/h4-5,8-11,13-14,19,24-25H,6-7,12,15H2,1-3H3,(H,28,36)/t19-,24+,25-/m0/s1. The van der Waals surface area contributed by atoms with Crippen LogP contribution in [0.1, 0.15) is 47.6 Å². The molecule has 5 rings (SSSR count). The summed E-state index contributed by atoms with van der Waals surface area (Å²) < 4.78 is 13.6. The second-order valence-corrected chi connectivity index (χ2v) is 9.58. The maximum atomic E-state index is 11.5. The zero-order valence-corrected chi connectivity index (χ0v) is 21.3. The van der Waals surface area contributed by atoms with Gasteiger partial charge in [-0.2, -0.15) is 0 Å². The molecule has 3 atom stereocenters. The van der Waals surface area contributed by atoms with Gasteiger partial charge in [-0.25, -0.2) is 0 Å². The zero-order chi connectivity index (χ0) is 25.4. The Kier molecular flexibility index (Phi) is 6.63. The number of ether oxygens (including phenoxy) is 2. The highest BCUT2D eigenvalue weighted by molar-refractivity contribution is 7.80. The second-order valence-electron chi connectivity index (χ2n) is 9.19. The summed E-state index contributed by atoms with van der Waals surface area (Å²) in [7, 11) is 1.57. The first-order valence-electron chi connectivity index (χ1n) is 12.0. The minimum Gasteiger partial charge on any atom is -0.495 e. The molecule has 1 N–H and O–H groups in total. The van der Waals surface area contributed by atoms with E-state index < -0.39 is 4.92 Å². The number of non-ortho nitro benzene ring substituents is 1. The Labute approximate surface area is 215 Å². The number of nitrogens with zero attached hydrogens (tertiary/aromatic N) is 4. The molecule has 2 aliphatic rings. The summed E-state index contributed by atoms with van der Waals surface area (Å²) in [6.07, 6.45) is 3.96. The maximum Gasteiger partial charge on any atom is 0.271 e. The number of rotatable bonds is 7. The van der Waals surface area contributed by atoms with Crippen molar-refractivity contribution in [3.63, 3.8) is 0 Å². The molecule has 0 amide bonds. The van der Waals surface area contributed by atoms with Gasteiger partial charge in [0.05, 0.1) is 41.6 Å². The number of nitro groups is 1. The number of nitro benzene ring substituents is 1. The smallest absolute Gasteiger partial charge is 0.271 e. The largest absolute Gasteiger partial charge is 0.495 e. The summed E-state index contributed by atoms with van der Waals surface area (Å²) in [6.45, 7) is 5.48. The molecule has 0 radical (unpaired) electrons. The molecule has 2 aliphatic heterocycles. The lowest BCUT2D eigenvalue weighted by molar-refractivity contribution is -0.384. The van der Waals surface area contributed by atoms with Crippen LogP contribution in [0.2, 0.25) is 0 Å². The van der Waals surface area contributed by atoms with Crippen molar-refractivity contribution in [2.45, 2.75) is 44.9 Å². The molecule has 0 spiro atoms. The summed E-state index contributed by atoms with van der Waals surface area (Å²) >= 11 is 5.82. The summed E-state index contributed by atoms with van der Waals surface area (Å²) in [6, 6.07) is 12.4. The van der Waals surface area contributed by atoms with Gasteiger partial charge >= 0.3 is 0 Å². The van der Waals surface area contributed by atoms with Crippen molar-refractivity contribution in [3.05, 3.63) is 81.4 Å². The van der Waals surface area contributed by atoms with Crippen LogP contribution in [0.5, 0.6) is 5.75 Å². The van der Waals surface area contributed by atoms with Gasteiger partial charge in [0.15, 0.2) is 5.11 Å². The molecular formula is C26H29N5O4S. The molecule has 2 saturated heterocycles. The number of hydrogen-bond acceptors (Lipinski definition) is 6. The Morgan fingerprint density at radius 3 is 2.78 bits per heavy atom. The first-order chi connectivity index (χ1) is 17.4. The highest BCUT2D eigenvalue weighted by Crippen LogP contribution is 2.42. The Hall–Kier alpha value is -3.50. The highest BCUT2D eigenvalue weighted by Gasteiger charge is 2.42. The maximum absolute atomic E-state index is 11.5. The van der Waals surface area contributed by atoms with Gasteiger partial charge in [0.2, 0.25) is 0 Å². The SMILES string of the molecule is COc1ccc([N+](=O)[O-])cc1-n1c(C)cc([C@H]2[C@@H](c3ccccn3)NC(=S)N2C[C@@H]2CCCO2)c1C. The minimum atomic E-state index is -0.391. The van der Waals surface area contributed by atoms with Crippen molar-refractivity contribution in [1.29, 1.82) is 0 Å². The number of pyridine rings is 1. The fourth-order valence-electron chi connectivity index (χ4n) is 5.37. The van der Waals surface area contributed by atoms with Gasteiger partial charge < -0.3 is 24.3 Å². The molecule has 1 aromatic carbocycles. The molecule has 188 valence electrons. The lowest BCUT2D eigenvalue weighted by Crippen LogP contribution is -2.36. The van der Waals surface area contributed by atoms with E-state index in [0.717, 1.165) is 42.1 Å². The van der Waals surface area contributed by atoms with E-state index in [1.54, 1.807) is 25.4 Å². The second kappa shape index (κ2) is 9.87. The molecule has 4 heterocycles. The van der Waals surface area contributed by atoms with Crippen LogP contribution in [0.25, 0.3) is 5.69 Å². The van der Waals surface area contributed by atoms with E-state index in [4.69, 9.17) is 21.7 Å². The number of aromatic nitrogens is 2. The Balaban J connectivity index is 1.63. The van der Waals surface area contributed by atoms with E-state index in [-0.39, 0.29) is 23.9 Å². The van der Waals surface area contributed by atoms with Crippen molar-refractivity contribution in [3.8, 4) is 11.4 Å². The van der Waals surface area contributed by atoms with Gasteiger partial charge in [0.1, 0.15) is 5.75 Å². The van der Waals surface area contributed by atoms with E-state index in [1.165, 1.54) is 6.07 Å². The van der Waals surface area contributed by atoms with Crippen molar-refractivity contribution < 1.29 is 14.4 Å². The van der Waals surface area contributed by atoms with Crippen LogP contribution in [0.15, 0.2) is 48.7 Å². The van der Waals surface area contributed by atoms with Crippen molar-refractivity contribution in [2.24, 2.45) is 0 Å². The molecule has 10 heteroatoms. The van der Waals surface area contributed by atoms with Crippen molar-refractivity contribution in [1.82, 2.24) is 19.8 Å². The Bertz CT molecular complexity index is 1290. The monoisotopic (exact) mass is 507 g/mol. The highest BCUT2D eigenvalue weighted by atomic mass is 32.1. The molecule has 0 unspecified atom stereocenters. The van der Waals surface area contributed by atoms with Gasteiger partial charge in [-0.1, -0.05) is 6.07 Å². The molecule has 0 aliphatic carbocycles. The quantitative estimate of drug-likeness (QED) is 0.283. The van der Waals surface area contributed by atoms with Gasteiger partial charge in [0.25, 0.3) is 5.69 Å². The number of aryl methyl sites for hydroxylation is 1. The average molecular weight is 508 g/mol. The lowest BCUT2D eigenvalue weighted by Gasteiger charge is -2.30. The van der Waals surface area contributed by atoms with E-state index in [9.17, 15) is 10.1 Å². The molecule has 9 nitrogen and oxygen atoms in total. The number of methoxy groups -OCH3 is 1. The first kappa shape index (κ1) is 24.2. The normalized spacial score (nSPS) is 21.6. The summed E-state index contributed by atoms with van der Waals surface area (Å²) in [5.74, 6) is 0.562. The molecular weight excluding hydrogens is 478 g/mol. The van der Waals surface area contributed by atoms with E-state index in [1.807, 2.05) is 36.6 Å². The van der Waals surface area contributed by atoms with Crippen LogP contribution in [0.4, 0.5) is 5.69 Å². The first-order valence-corrected chi connectivity index (χ1v) is 12.4. The topological polar surface area (TPSA) is 94.7 Å². The van der Waals surface area contributed by atoms with Crippen LogP contribution >= 0.6 is 12.2 Å². The van der Waals surface area contributed by atoms with Crippen LogP contribution in [-0.4, -0.2) is 50.9 Å². The van der Waals surface area contributed by atoms with Gasteiger partial charge in [-0.3, -0.25) is 15.1 Å². The number of thiocarbonyl (C=S) groups is 1. The van der Waals surface area contributed by atoms with Crippen molar-refractivity contribution in [2.75, 3.05) is 20.3 Å². The number of nitrogens with one attached hydrogen (secondary N) is 1. The van der Waals surface area contributed by atoms with Crippen LogP contribution in [-0.2, 0) is 4.74 Å². The van der Waals surface area contributed by atoms with Crippen molar-refractivity contribution >= 4 is 23.0 Å². The van der Waals surface area contributed by atoms with E-state index in [2.05, 4.69) is 21.3 Å². The summed E-state index contributed by atoms with van der Waals surface area (Å²) in [4.78, 5) is 18.0. The van der Waals surface area contributed by atoms with Gasteiger partial charge in [-0.15, -0.1) is 0 Å². The fraction of sp³-hybridized carbons (Fsp3) is 0.385. The number of benzene rings is 1.